The second kappa shape index (κ2) is 4.03. The molecule has 0 saturated carbocycles. The van der Waals surface area contributed by atoms with Crippen LogP contribution in [0.4, 0.5) is 0 Å². The van der Waals surface area contributed by atoms with E-state index < -0.39 is 37.9 Å². The van der Waals surface area contributed by atoms with Crippen molar-refractivity contribution in [2.24, 2.45) is 0 Å². The van der Waals surface area contributed by atoms with Gasteiger partial charge in [0.15, 0.2) is 9.84 Å². The Bertz CT molecular complexity index is 457. The first kappa shape index (κ1) is 14.6. The number of fused-ring (bicyclic) bond motifs is 1. The summed E-state index contributed by atoms with van der Waals surface area (Å²) in [5.41, 5.74) is 0. The van der Waals surface area contributed by atoms with Crippen molar-refractivity contribution in [1.82, 2.24) is 4.90 Å². The zero-order chi connectivity index (χ0) is 11.6. The Hall–Kier alpha value is 0.526. The summed E-state index contributed by atoms with van der Waals surface area (Å²) in [7, 11) is -3.57. The monoisotopic (exact) mass is 273 g/mol. The van der Waals surface area contributed by atoms with Gasteiger partial charge in [0, 0.05) is 0 Å². The van der Waals surface area contributed by atoms with Gasteiger partial charge in [0.1, 0.15) is 11.4 Å². The fraction of sp³-hybridized carbons (Fsp3) is 0.750. The molecule has 1 N–H and O–H groups in total. The normalized spacial score (nSPS) is 33.6. The molecular weight excluding hydrogens is 261 g/mol. The molecule has 2 rings (SSSR count). The second-order valence-electron chi connectivity index (χ2n) is 4.35. The summed E-state index contributed by atoms with van der Waals surface area (Å²) >= 11 is 0. The summed E-state index contributed by atoms with van der Waals surface area (Å²) in [6.07, 6.45) is -0.0878. The van der Waals surface area contributed by atoms with Crippen LogP contribution in [0.1, 0.15) is 20.3 Å². The standard InChI is InChI=1S/C8H11NO5S.K.H/c1-8(2)6(7(11)12)9-4(10)3-5(9)15(8,13)14;;/h5-6H,3H2,1-2H3,(H,11,12);;/t5-,6+;;/m1../s1. The van der Waals surface area contributed by atoms with Crippen molar-refractivity contribution in [3.63, 3.8) is 0 Å². The van der Waals surface area contributed by atoms with E-state index in [1.807, 2.05) is 0 Å². The van der Waals surface area contributed by atoms with E-state index in [-0.39, 0.29) is 57.8 Å². The van der Waals surface area contributed by atoms with Gasteiger partial charge in [-0.05, 0) is 13.8 Å². The summed E-state index contributed by atoms with van der Waals surface area (Å²) in [5.74, 6) is -1.67. The van der Waals surface area contributed by atoms with Crippen LogP contribution in [0, 0.1) is 0 Å². The number of rotatable bonds is 1. The summed E-state index contributed by atoms with van der Waals surface area (Å²) in [6, 6.07) is -1.26. The van der Waals surface area contributed by atoms with Crippen LogP contribution in [-0.4, -0.2) is 97.8 Å². The molecule has 0 aromatic rings. The van der Waals surface area contributed by atoms with Crippen molar-refractivity contribution in [3.05, 3.63) is 0 Å². The average molecular weight is 273 g/mol. The van der Waals surface area contributed by atoms with Gasteiger partial charge in [-0.1, -0.05) is 0 Å². The van der Waals surface area contributed by atoms with E-state index in [0.717, 1.165) is 4.90 Å². The van der Waals surface area contributed by atoms with Gasteiger partial charge in [-0.2, -0.15) is 0 Å². The number of β-lactam (4-membered cyclic amide) rings is 1. The summed E-state index contributed by atoms with van der Waals surface area (Å²) in [6.45, 7) is 2.71. The fourth-order valence-corrected chi connectivity index (χ4v) is 4.36. The molecule has 0 spiro atoms. The third-order valence-electron chi connectivity index (χ3n) is 3.21. The first-order chi connectivity index (χ1) is 6.71. The molecule has 0 aliphatic carbocycles. The average Bonchev–Trinajstić information content (AvgIpc) is 2.19. The van der Waals surface area contributed by atoms with Gasteiger partial charge >= 0.3 is 57.4 Å². The van der Waals surface area contributed by atoms with Crippen molar-refractivity contribution in [3.8, 4) is 0 Å². The van der Waals surface area contributed by atoms with Gasteiger partial charge in [-0.3, -0.25) is 4.79 Å². The molecule has 0 aromatic carbocycles. The van der Waals surface area contributed by atoms with Crippen LogP contribution in [0.25, 0.3) is 0 Å². The fourth-order valence-electron chi connectivity index (χ4n) is 2.23. The number of carboxylic acid groups (broad SMARTS) is 1. The van der Waals surface area contributed by atoms with Gasteiger partial charge in [0.25, 0.3) is 0 Å². The summed E-state index contributed by atoms with van der Waals surface area (Å²) in [5, 5.41) is 8.03. The van der Waals surface area contributed by atoms with Crippen LogP contribution >= 0.6 is 0 Å². The van der Waals surface area contributed by atoms with Gasteiger partial charge in [-0.15, -0.1) is 0 Å². The summed E-state index contributed by atoms with van der Waals surface area (Å²) < 4.78 is 22.4. The van der Waals surface area contributed by atoms with Crippen LogP contribution in [0.2, 0.25) is 0 Å². The Balaban J connectivity index is 0.00000128. The Morgan fingerprint density at radius 2 is 2.00 bits per heavy atom. The van der Waals surface area contributed by atoms with Crippen molar-refractivity contribution >= 4 is 73.1 Å². The molecule has 2 saturated heterocycles. The molecule has 2 aliphatic rings. The number of carboxylic acids is 1. The number of hydrogen-bond donors (Lipinski definition) is 1. The number of carbonyl (C=O) groups is 2. The maximum absolute atomic E-state index is 11.9. The molecule has 0 bridgehead atoms. The predicted octanol–water partition coefficient (Wildman–Crippen LogP) is -1.44. The molecule has 6 nitrogen and oxygen atoms in total. The van der Waals surface area contributed by atoms with Crippen LogP contribution in [0.5, 0.6) is 0 Å². The van der Waals surface area contributed by atoms with E-state index in [0.29, 0.717) is 0 Å². The van der Waals surface area contributed by atoms with E-state index >= 15 is 0 Å². The molecule has 0 unspecified atom stereocenters. The van der Waals surface area contributed by atoms with Crippen molar-refractivity contribution in [1.29, 1.82) is 0 Å². The Morgan fingerprint density at radius 3 is 2.31 bits per heavy atom. The molecule has 2 fully saturated rings. The molecule has 1 amide bonds. The SMILES string of the molecule is CC1(C)[C@H](C(=O)O)N2C(=O)C[C@H]2S1(=O)=O.[KH]. The molecule has 86 valence electrons. The number of nitrogens with zero attached hydrogens (tertiary/aromatic N) is 1. The molecule has 0 radical (unpaired) electrons. The molecule has 8 heteroatoms. The maximum atomic E-state index is 11.9. The Kier molecular flexibility index (Phi) is 3.67. The quantitative estimate of drug-likeness (QED) is 0.466. The van der Waals surface area contributed by atoms with Crippen LogP contribution in [0.15, 0.2) is 0 Å². The topological polar surface area (TPSA) is 91.8 Å². The molecule has 2 atom stereocenters. The molecule has 0 aromatic heterocycles. The second-order valence-corrected chi connectivity index (χ2v) is 7.04. The van der Waals surface area contributed by atoms with Crippen LogP contribution < -0.4 is 0 Å². The van der Waals surface area contributed by atoms with Crippen LogP contribution in [0.3, 0.4) is 0 Å². The van der Waals surface area contributed by atoms with Gasteiger partial charge in [0.2, 0.25) is 5.91 Å². The van der Waals surface area contributed by atoms with E-state index in [4.69, 9.17) is 5.11 Å². The van der Waals surface area contributed by atoms with E-state index in [2.05, 4.69) is 0 Å². The number of carbonyl (C=O) groups excluding carboxylic acids is 1. The minimum atomic E-state index is -3.57. The third-order valence-corrected chi connectivity index (χ3v) is 6.01. The Morgan fingerprint density at radius 1 is 1.50 bits per heavy atom. The first-order valence-electron chi connectivity index (χ1n) is 4.48. The predicted molar refractivity (Wildman–Crippen MR) is 56.8 cm³/mol. The Labute approximate surface area is 136 Å². The zero-order valence-corrected chi connectivity index (χ0v) is 9.11. The number of sulfone groups is 1. The number of hydrogen-bond acceptors (Lipinski definition) is 4. The van der Waals surface area contributed by atoms with E-state index in [9.17, 15) is 18.0 Å². The van der Waals surface area contributed by atoms with Gasteiger partial charge < -0.3 is 10.0 Å². The third kappa shape index (κ3) is 1.54. The van der Waals surface area contributed by atoms with Gasteiger partial charge in [-0.25, -0.2) is 13.2 Å². The molecular formula is C8H12KNO5S. The number of aliphatic carboxylic acids is 1. The van der Waals surface area contributed by atoms with E-state index in [1.54, 1.807) is 0 Å². The van der Waals surface area contributed by atoms with Crippen molar-refractivity contribution < 1.29 is 23.1 Å². The number of amides is 1. The molecule has 2 heterocycles. The minimum absolute atomic E-state index is 0. The molecule has 2 aliphatic heterocycles. The van der Waals surface area contributed by atoms with E-state index in [1.165, 1.54) is 13.8 Å². The molecule has 16 heavy (non-hydrogen) atoms. The van der Waals surface area contributed by atoms with Crippen LogP contribution in [-0.2, 0) is 19.4 Å². The van der Waals surface area contributed by atoms with Crippen molar-refractivity contribution in [2.45, 2.75) is 36.4 Å². The van der Waals surface area contributed by atoms with Gasteiger partial charge in [0.05, 0.1) is 11.2 Å². The summed E-state index contributed by atoms with van der Waals surface area (Å²) in [4.78, 5) is 23.2. The van der Waals surface area contributed by atoms with Crippen molar-refractivity contribution in [2.75, 3.05) is 0 Å². The zero-order valence-electron chi connectivity index (χ0n) is 8.30. The first-order valence-corrected chi connectivity index (χ1v) is 6.03.